The van der Waals surface area contributed by atoms with Crippen molar-refractivity contribution in [3.05, 3.63) is 42.0 Å². The number of hydrogen-bond acceptors (Lipinski definition) is 2. The first kappa shape index (κ1) is 10.7. The number of rotatable bonds is 2. The van der Waals surface area contributed by atoms with Crippen molar-refractivity contribution < 1.29 is 4.79 Å². The Morgan fingerprint density at radius 1 is 1.19 bits per heavy atom. The number of benzene rings is 1. The molecule has 0 spiro atoms. The van der Waals surface area contributed by atoms with Gasteiger partial charge in [-0.3, -0.25) is 5.32 Å². The van der Waals surface area contributed by atoms with Gasteiger partial charge < -0.3 is 5.73 Å². The summed E-state index contributed by atoms with van der Waals surface area (Å²) >= 11 is 1.51. The Kier molecular flexibility index (Phi) is 2.92. The minimum Gasteiger partial charge on any atom is -0.351 e. The van der Waals surface area contributed by atoms with Gasteiger partial charge in [0.1, 0.15) is 0 Å². The number of hydrogen-bond donors (Lipinski definition) is 2. The Morgan fingerprint density at radius 3 is 2.50 bits per heavy atom. The van der Waals surface area contributed by atoms with E-state index >= 15 is 0 Å². The molecule has 2 rings (SSSR count). The zero-order chi connectivity index (χ0) is 11.5. The fourth-order valence-corrected chi connectivity index (χ4v) is 2.31. The summed E-state index contributed by atoms with van der Waals surface area (Å²) in [4.78, 5) is 11.8. The smallest absolute Gasteiger partial charge is 0.317 e. The lowest BCUT2D eigenvalue weighted by Crippen LogP contribution is -2.18. The normalized spacial score (nSPS) is 10.1. The van der Waals surface area contributed by atoms with E-state index in [-0.39, 0.29) is 0 Å². The molecule has 2 amide bonds. The van der Waals surface area contributed by atoms with Crippen molar-refractivity contribution in [1.82, 2.24) is 0 Å². The third-order valence-electron chi connectivity index (χ3n) is 2.19. The maximum Gasteiger partial charge on any atom is 0.317 e. The van der Waals surface area contributed by atoms with E-state index in [9.17, 15) is 4.79 Å². The van der Waals surface area contributed by atoms with Crippen LogP contribution in [0.15, 0.2) is 36.4 Å². The fraction of sp³-hybridized carbons (Fsp3) is 0.0833. The van der Waals surface area contributed by atoms with Gasteiger partial charge in [-0.2, -0.15) is 0 Å². The van der Waals surface area contributed by atoms with Crippen LogP contribution in [0.3, 0.4) is 0 Å². The molecule has 0 bridgehead atoms. The first-order chi connectivity index (χ1) is 7.65. The van der Waals surface area contributed by atoms with Crippen molar-refractivity contribution in [3.8, 4) is 10.4 Å². The maximum absolute atomic E-state index is 10.7. The summed E-state index contributed by atoms with van der Waals surface area (Å²) in [5, 5.41) is 3.33. The molecule has 0 saturated heterocycles. The van der Waals surface area contributed by atoms with Crippen LogP contribution >= 0.6 is 11.3 Å². The van der Waals surface area contributed by atoms with E-state index in [0.29, 0.717) is 0 Å². The van der Waals surface area contributed by atoms with Gasteiger partial charge in [-0.05, 0) is 24.6 Å². The van der Waals surface area contributed by atoms with Crippen LogP contribution in [0.25, 0.3) is 10.4 Å². The Balaban J connectivity index is 2.24. The van der Waals surface area contributed by atoms with Gasteiger partial charge in [0, 0.05) is 4.88 Å². The molecule has 0 unspecified atom stereocenters. The quantitative estimate of drug-likeness (QED) is 0.820. The Labute approximate surface area is 97.9 Å². The lowest BCUT2D eigenvalue weighted by molar-refractivity contribution is 0.259. The SMILES string of the molecule is Cc1ccc(-c2ccc(NC(N)=O)s2)cc1. The van der Waals surface area contributed by atoms with Gasteiger partial charge in [0.2, 0.25) is 0 Å². The van der Waals surface area contributed by atoms with Gasteiger partial charge in [-0.1, -0.05) is 29.8 Å². The van der Waals surface area contributed by atoms with Crippen LogP contribution in [-0.4, -0.2) is 6.03 Å². The molecular weight excluding hydrogens is 220 g/mol. The van der Waals surface area contributed by atoms with Gasteiger partial charge in [0.15, 0.2) is 0 Å². The summed E-state index contributed by atoms with van der Waals surface area (Å²) in [6, 6.07) is 11.6. The van der Waals surface area contributed by atoms with Crippen molar-refractivity contribution in [2.75, 3.05) is 5.32 Å². The van der Waals surface area contributed by atoms with Crippen LogP contribution in [0, 0.1) is 6.92 Å². The number of anilines is 1. The van der Waals surface area contributed by atoms with Gasteiger partial charge in [-0.15, -0.1) is 11.3 Å². The molecule has 82 valence electrons. The second kappa shape index (κ2) is 4.37. The predicted molar refractivity (Wildman–Crippen MR) is 67.7 cm³/mol. The average Bonchev–Trinajstić information content (AvgIpc) is 2.66. The second-order valence-corrected chi connectivity index (χ2v) is 4.60. The molecule has 3 N–H and O–H groups in total. The molecule has 0 fully saturated rings. The van der Waals surface area contributed by atoms with E-state index in [1.54, 1.807) is 0 Å². The standard InChI is InChI=1S/C12H12N2OS/c1-8-2-4-9(5-3-8)10-6-7-11(16-10)14-12(13)15/h2-7H,1H3,(H3,13,14,15). The highest BCUT2D eigenvalue weighted by atomic mass is 32.1. The number of nitrogens with one attached hydrogen (secondary N) is 1. The fourth-order valence-electron chi connectivity index (χ4n) is 1.40. The van der Waals surface area contributed by atoms with Crippen LogP contribution < -0.4 is 11.1 Å². The first-order valence-corrected chi connectivity index (χ1v) is 5.70. The summed E-state index contributed by atoms with van der Waals surface area (Å²) in [7, 11) is 0. The van der Waals surface area contributed by atoms with E-state index in [4.69, 9.17) is 5.73 Å². The van der Waals surface area contributed by atoms with Crippen molar-refractivity contribution in [2.24, 2.45) is 5.73 Å². The van der Waals surface area contributed by atoms with Crippen molar-refractivity contribution in [2.45, 2.75) is 6.92 Å². The molecule has 0 radical (unpaired) electrons. The summed E-state index contributed by atoms with van der Waals surface area (Å²) in [6.45, 7) is 2.05. The highest BCUT2D eigenvalue weighted by Crippen LogP contribution is 2.31. The minimum atomic E-state index is -0.530. The molecule has 1 aromatic carbocycles. The van der Waals surface area contributed by atoms with Crippen LogP contribution in [0.1, 0.15) is 5.56 Å². The molecule has 0 saturated carbocycles. The third-order valence-corrected chi connectivity index (χ3v) is 3.24. The van der Waals surface area contributed by atoms with Crippen molar-refractivity contribution >= 4 is 22.4 Å². The number of thiophene rings is 1. The minimum absolute atomic E-state index is 0.530. The molecular formula is C12H12N2OS. The van der Waals surface area contributed by atoms with Crippen LogP contribution in [0.2, 0.25) is 0 Å². The van der Waals surface area contributed by atoms with Crippen LogP contribution in [0.5, 0.6) is 0 Å². The van der Waals surface area contributed by atoms with Gasteiger partial charge in [-0.25, -0.2) is 4.79 Å². The van der Waals surface area contributed by atoms with Gasteiger partial charge in [0.05, 0.1) is 5.00 Å². The molecule has 0 aliphatic carbocycles. The van der Waals surface area contributed by atoms with E-state index in [1.807, 2.05) is 12.1 Å². The van der Waals surface area contributed by atoms with E-state index < -0.39 is 6.03 Å². The molecule has 4 heteroatoms. The molecule has 16 heavy (non-hydrogen) atoms. The van der Waals surface area contributed by atoms with Gasteiger partial charge >= 0.3 is 6.03 Å². The zero-order valence-electron chi connectivity index (χ0n) is 8.86. The largest absolute Gasteiger partial charge is 0.351 e. The van der Waals surface area contributed by atoms with Crippen molar-refractivity contribution in [3.63, 3.8) is 0 Å². The van der Waals surface area contributed by atoms with E-state index in [2.05, 4.69) is 36.5 Å². The Morgan fingerprint density at radius 2 is 1.88 bits per heavy atom. The third kappa shape index (κ3) is 2.41. The summed E-state index contributed by atoms with van der Waals surface area (Å²) in [5.74, 6) is 0. The summed E-state index contributed by atoms with van der Waals surface area (Å²) in [5.41, 5.74) is 7.43. The number of amides is 2. The lowest BCUT2D eigenvalue weighted by atomic mass is 10.1. The number of urea groups is 1. The summed E-state index contributed by atoms with van der Waals surface area (Å²) in [6.07, 6.45) is 0. The summed E-state index contributed by atoms with van der Waals surface area (Å²) < 4.78 is 0. The Hall–Kier alpha value is -1.81. The molecule has 0 aliphatic heterocycles. The second-order valence-electron chi connectivity index (χ2n) is 3.52. The maximum atomic E-state index is 10.7. The van der Waals surface area contributed by atoms with E-state index in [1.165, 1.54) is 16.9 Å². The highest BCUT2D eigenvalue weighted by Gasteiger charge is 2.03. The predicted octanol–water partition coefficient (Wildman–Crippen LogP) is 3.21. The zero-order valence-corrected chi connectivity index (χ0v) is 9.67. The molecule has 1 heterocycles. The number of aryl methyl sites for hydroxylation is 1. The first-order valence-electron chi connectivity index (χ1n) is 4.88. The highest BCUT2D eigenvalue weighted by molar-refractivity contribution is 7.19. The van der Waals surface area contributed by atoms with Crippen molar-refractivity contribution in [1.29, 1.82) is 0 Å². The number of carbonyl (C=O) groups is 1. The molecule has 0 atom stereocenters. The van der Waals surface area contributed by atoms with E-state index in [0.717, 1.165) is 15.4 Å². The lowest BCUT2D eigenvalue weighted by Gasteiger charge is -1.98. The molecule has 0 aliphatic rings. The molecule has 2 aromatic rings. The van der Waals surface area contributed by atoms with Gasteiger partial charge in [0.25, 0.3) is 0 Å². The average molecular weight is 232 g/mol. The van der Waals surface area contributed by atoms with Crippen LogP contribution in [-0.2, 0) is 0 Å². The number of nitrogens with two attached hydrogens (primary N) is 1. The van der Waals surface area contributed by atoms with Crippen LogP contribution in [0.4, 0.5) is 9.80 Å². The number of primary amides is 1. The topological polar surface area (TPSA) is 55.1 Å². The molecule has 1 aromatic heterocycles. The monoisotopic (exact) mass is 232 g/mol. The Bertz CT molecular complexity index is 502. The number of carbonyl (C=O) groups excluding carboxylic acids is 1. The molecule has 3 nitrogen and oxygen atoms in total.